The van der Waals surface area contributed by atoms with Crippen LogP contribution in [0.3, 0.4) is 0 Å². The molecular formula is C10H13NO. The Morgan fingerprint density at radius 3 is 2.92 bits per heavy atom. The molecule has 2 heteroatoms. The van der Waals surface area contributed by atoms with Gasteiger partial charge in [0.25, 0.3) is 0 Å². The highest BCUT2D eigenvalue weighted by Crippen LogP contribution is 2.32. The van der Waals surface area contributed by atoms with Crippen molar-refractivity contribution in [2.24, 2.45) is 5.73 Å². The highest BCUT2D eigenvalue weighted by atomic mass is 16.3. The summed E-state index contributed by atoms with van der Waals surface area (Å²) in [5, 5.41) is 9.71. The second-order valence-electron chi connectivity index (χ2n) is 3.46. The largest absolute Gasteiger partial charge is 0.387 e. The second-order valence-corrected chi connectivity index (χ2v) is 3.46. The molecule has 0 aromatic heterocycles. The van der Waals surface area contributed by atoms with Crippen LogP contribution < -0.4 is 5.73 Å². The molecule has 2 atom stereocenters. The van der Waals surface area contributed by atoms with Gasteiger partial charge in [0.2, 0.25) is 0 Å². The number of rotatable bonds is 0. The van der Waals surface area contributed by atoms with Crippen LogP contribution in [0.1, 0.15) is 22.8 Å². The van der Waals surface area contributed by atoms with E-state index in [1.54, 1.807) is 0 Å². The molecule has 0 heterocycles. The van der Waals surface area contributed by atoms with E-state index >= 15 is 0 Å². The Morgan fingerprint density at radius 1 is 1.50 bits per heavy atom. The fourth-order valence-electron chi connectivity index (χ4n) is 1.92. The Morgan fingerprint density at radius 2 is 2.25 bits per heavy atom. The monoisotopic (exact) mass is 163 g/mol. The number of aliphatic hydroxyl groups is 1. The van der Waals surface area contributed by atoms with Crippen LogP contribution in [0, 0.1) is 6.92 Å². The normalized spacial score (nSPS) is 27.2. The standard InChI is InChI=1S/C10H13NO/c1-6-3-2-4-7-5-8(11)10(12)9(6)7/h2-4,8,10,12H,5,11H2,1H3. The molecular weight excluding hydrogens is 150 g/mol. The summed E-state index contributed by atoms with van der Waals surface area (Å²) in [5.74, 6) is 0. The zero-order chi connectivity index (χ0) is 8.72. The molecule has 1 aromatic carbocycles. The molecule has 0 fully saturated rings. The Bertz CT molecular complexity index is 309. The van der Waals surface area contributed by atoms with Crippen molar-refractivity contribution in [2.75, 3.05) is 0 Å². The third-order valence-electron chi connectivity index (χ3n) is 2.57. The van der Waals surface area contributed by atoms with Crippen molar-refractivity contribution in [2.45, 2.75) is 25.5 Å². The van der Waals surface area contributed by atoms with E-state index in [9.17, 15) is 5.11 Å². The molecule has 0 bridgehead atoms. The van der Waals surface area contributed by atoms with Crippen LogP contribution >= 0.6 is 0 Å². The van der Waals surface area contributed by atoms with Crippen LogP contribution in [0.2, 0.25) is 0 Å². The molecule has 1 aromatic rings. The maximum atomic E-state index is 9.71. The van der Waals surface area contributed by atoms with Crippen molar-refractivity contribution in [3.05, 3.63) is 34.9 Å². The van der Waals surface area contributed by atoms with E-state index in [1.165, 1.54) is 5.56 Å². The van der Waals surface area contributed by atoms with E-state index in [0.29, 0.717) is 0 Å². The predicted molar refractivity (Wildman–Crippen MR) is 47.8 cm³/mol. The molecule has 12 heavy (non-hydrogen) atoms. The van der Waals surface area contributed by atoms with Crippen molar-refractivity contribution in [3.63, 3.8) is 0 Å². The molecule has 2 nitrogen and oxygen atoms in total. The van der Waals surface area contributed by atoms with Crippen LogP contribution in [0.25, 0.3) is 0 Å². The molecule has 0 amide bonds. The van der Waals surface area contributed by atoms with Gasteiger partial charge in [-0.15, -0.1) is 0 Å². The summed E-state index contributed by atoms with van der Waals surface area (Å²) in [6.07, 6.45) is 0.347. The van der Waals surface area contributed by atoms with Gasteiger partial charge >= 0.3 is 0 Å². The molecule has 2 unspecified atom stereocenters. The summed E-state index contributed by atoms with van der Waals surface area (Å²) < 4.78 is 0. The van der Waals surface area contributed by atoms with E-state index < -0.39 is 6.10 Å². The molecule has 0 saturated heterocycles. The minimum absolute atomic E-state index is 0.110. The van der Waals surface area contributed by atoms with Crippen LogP contribution in [-0.4, -0.2) is 11.1 Å². The first-order valence-electron chi connectivity index (χ1n) is 4.22. The van der Waals surface area contributed by atoms with E-state index in [2.05, 4.69) is 0 Å². The second kappa shape index (κ2) is 2.57. The first kappa shape index (κ1) is 7.77. The molecule has 0 radical (unpaired) electrons. The van der Waals surface area contributed by atoms with Crippen LogP contribution in [-0.2, 0) is 6.42 Å². The predicted octanol–water partition coefficient (Wildman–Crippen LogP) is 0.912. The zero-order valence-electron chi connectivity index (χ0n) is 7.12. The van der Waals surface area contributed by atoms with Gasteiger partial charge in [0.15, 0.2) is 0 Å². The number of aliphatic hydroxyl groups excluding tert-OH is 1. The Kier molecular flexibility index (Phi) is 1.67. The molecule has 64 valence electrons. The fourth-order valence-corrected chi connectivity index (χ4v) is 1.92. The number of hydrogen-bond donors (Lipinski definition) is 2. The third kappa shape index (κ3) is 0.958. The summed E-state index contributed by atoms with van der Waals surface area (Å²) in [4.78, 5) is 0. The van der Waals surface area contributed by atoms with Crippen LogP contribution in [0.5, 0.6) is 0 Å². The van der Waals surface area contributed by atoms with Crippen molar-refractivity contribution in [1.29, 1.82) is 0 Å². The molecule has 0 aliphatic heterocycles. The highest BCUT2D eigenvalue weighted by Gasteiger charge is 2.28. The van der Waals surface area contributed by atoms with Gasteiger partial charge in [-0.3, -0.25) is 0 Å². The SMILES string of the molecule is Cc1cccc2c1C(O)C(N)C2. The molecule has 2 rings (SSSR count). The number of hydrogen-bond acceptors (Lipinski definition) is 2. The zero-order valence-corrected chi connectivity index (χ0v) is 7.12. The summed E-state index contributed by atoms with van der Waals surface area (Å²) >= 11 is 0. The van der Waals surface area contributed by atoms with E-state index in [1.807, 2.05) is 25.1 Å². The maximum absolute atomic E-state index is 9.71. The number of nitrogens with two attached hydrogens (primary N) is 1. The highest BCUT2D eigenvalue weighted by molar-refractivity contribution is 5.41. The van der Waals surface area contributed by atoms with Gasteiger partial charge in [-0.25, -0.2) is 0 Å². The smallest absolute Gasteiger partial charge is 0.0949 e. The van der Waals surface area contributed by atoms with Crippen molar-refractivity contribution >= 4 is 0 Å². The quantitative estimate of drug-likeness (QED) is 0.597. The van der Waals surface area contributed by atoms with Gasteiger partial charge in [0, 0.05) is 6.04 Å². The lowest BCUT2D eigenvalue weighted by Crippen LogP contribution is -2.24. The number of fused-ring (bicyclic) bond motifs is 1. The minimum Gasteiger partial charge on any atom is -0.387 e. The van der Waals surface area contributed by atoms with Crippen LogP contribution in [0.15, 0.2) is 18.2 Å². The van der Waals surface area contributed by atoms with E-state index in [0.717, 1.165) is 17.5 Å². The van der Waals surface area contributed by atoms with Gasteiger partial charge in [-0.2, -0.15) is 0 Å². The first-order valence-corrected chi connectivity index (χ1v) is 4.22. The van der Waals surface area contributed by atoms with Gasteiger partial charge in [-0.1, -0.05) is 18.2 Å². The molecule has 0 spiro atoms. The minimum atomic E-state index is -0.457. The molecule has 0 saturated carbocycles. The molecule has 3 N–H and O–H groups in total. The molecule has 1 aliphatic rings. The van der Waals surface area contributed by atoms with Crippen molar-refractivity contribution in [1.82, 2.24) is 0 Å². The maximum Gasteiger partial charge on any atom is 0.0949 e. The van der Waals surface area contributed by atoms with Crippen molar-refractivity contribution in [3.8, 4) is 0 Å². The average molecular weight is 163 g/mol. The van der Waals surface area contributed by atoms with Crippen LogP contribution in [0.4, 0.5) is 0 Å². The summed E-state index contributed by atoms with van der Waals surface area (Å²) in [5.41, 5.74) is 9.14. The van der Waals surface area contributed by atoms with Gasteiger partial charge < -0.3 is 10.8 Å². The Balaban J connectivity index is 2.55. The first-order chi connectivity index (χ1) is 5.70. The van der Waals surface area contributed by atoms with Gasteiger partial charge in [0.1, 0.15) is 0 Å². The Labute approximate surface area is 72.0 Å². The lowest BCUT2D eigenvalue weighted by Gasteiger charge is -2.10. The van der Waals surface area contributed by atoms with Crippen molar-refractivity contribution < 1.29 is 5.11 Å². The van der Waals surface area contributed by atoms with E-state index in [4.69, 9.17) is 5.73 Å². The van der Waals surface area contributed by atoms with Gasteiger partial charge in [0.05, 0.1) is 6.10 Å². The average Bonchev–Trinajstić information content (AvgIpc) is 2.29. The lowest BCUT2D eigenvalue weighted by molar-refractivity contribution is 0.159. The number of aryl methyl sites for hydroxylation is 1. The number of benzene rings is 1. The topological polar surface area (TPSA) is 46.2 Å². The Hall–Kier alpha value is -0.860. The lowest BCUT2D eigenvalue weighted by atomic mass is 10.0. The molecule has 1 aliphatic carbocycles. The van der Waals surface area contributed by atoms with E-state index in [-0.39, 0.29) is 6.04 Å². The summed E-state index contributed by atoms with van der Waals surface area (Å²) in [6.45, 7) is 2.01. The fraction of sp³-hybridized carbons (Fsp3) is 0.400. The summed E-state index contributed by atoms with van der Waals surface area (Å²) in [7, 11) is 0. The van der Waals surface area contributed by atoms with Gasteiger partial charge in [-0.05, 0) is 30.0 Å². The summed E-state index contributed by atoms with van der Waals surface area (Å²) in [6, 6.07) is 5.96. The third-order valence-corrected chi connectivity index (χ3v) is 2.57.